The molecule has 0 saturated carbocycles. The Morgan fingerprint density at radius 2 is 1.94 bits per heavy atom. The Morgan fingerprint density at radius 3 is 2.47 bits per heavy atom. The molecule has 0 aromatic heterocycles. The molecule has 5 nitrogen and oxygen atoms in total. The van der Waals surface area contributed by atoms with E-state index in [0.717, 1.165) is 45.9 Å². The normalized spacial score (nSPS) is 16.7. The van der Waals surface area contributed by atoms with Crippen LogP contribution in [-0.4, -0.2) is 75.2 Å². The zero-order valence-corrected chi connectivity index (χ0v) is 11.6. The standard InChI is InChI=1S/C11H23N3O2.ClH/c1-3-16-9-8-13-4-6-14(7-5-13)11(15)10-12-2;/h12H,3-10H2,1-2H3;1H. The van der Waals surface area contributed by atoms with Crippen LogP contribution in [0, 0.1) is 0 Å². The molecule has 0 aromatic carbocycles. The highest BCUT2D eigenvalue weighted by Crippen LogP contribution is 2.01. The fourth-order valence-corrected chi connectivity index (χ4v) is 1.82. The summed E-state index contributed by atoms with van der Waals surface area (Å²) in [6.45, 7) is 8.60. The van der Waals surface area contributed by atoms with E-state index in [0.29, 0.717) is 6.54 Å². The van der Waals surface area contributed by atoms with E-state index in [-0.39, 0.29) is 18.3 Å². The van der Waals surface area contributed by atoms with E-state index in [1.807, 2.05) is 11.8 Å². The first-order valence-electron chi connectivity index (χ1n) is 6.00. The van der Waals surface area contributed by atoms with E-state index in [1.165, 1.54) is 0 Å². The molecule has 1 saturated heterocycles. The number of nitrogens with one attached hydrogen (secondary N) is 1. The SMILES string of the molecule is CCOCCN1CCN(C(=O)CNC)CC1.Cl. The van der Waals surface area contributed by atoms with E-state index < -0.39 is 0 Å². The van der Waals surface area contributed by atoms with Crippen molar-refractivity contribution in [3.63, 3.8) is 0 Å². The minimum atomic E-state index is 0. The van der Waals surface area contributed by atoms with Crippen LogP contribution in [0.4, 0.5) is 0 Å². The average molecular weight is 266 g/mol. The van der Waals surface area contributed by atoms with Crippen LogP contribution in [-0.2, 0) is 9.53 Å². The Balaban J connectivity index is 0.00000256. The lowest BCUT2D eigenvalue weighted by molar-refractivity contribution is -0.131. The molecule has 1 heterocycles. The first-order chi connectivity index (χ1) is 7.77. The molecule has 1 N–H and O–H groups in total. The Morgan fingerprint density at radius 1 is 1.29 bits per heavy atom. The van der Waals surface area contributed by atoms with Crippen molar-refractivity contribution in [2.75, 3.05) is 59.5 Å². The van der Waals surface area contributed by atoms with Crippen LogP contribution in [0.5, 0.6) is 0 Å². The number of amides is 1. The van der Waals surface area contributed by atoms with Crippen molar-refractivity contribution in [2.45, 2.75) is 6.92 Å². The highest BCUT2D eigenvalue weighted by atomic mass is 35.5. The largest absolute Gasteiger partial charge is 0.380 e. The van der Waals surface area contributed by atoms with Gasteiger partial charge in [-0.25, -0.2) is 0 Å². The molecular weight excluding hydrogens is 242 g/mol. The summed E-state index contributed by atoms with van der Waals surface area (Å²) >= 11 is 0. The fraction of sp³-hybridized carbons (Fsp3) is 0.909. The smallest absolute Gasteiger partial charge is 0.236 e. The van der Waals surface area contributed by atoms with Crippen LogP contribution in [0.15, 0.2) is 0 Å². The molecule has 1 aliphatic rings. The molecule has 1 rings (SSSR count). The van der Waals surface area contributed by atoms with Gasteiger partial charge in [-0.1, -0.05) is 0 Å². The van der Waals surface area contributed by atoms with Gasteiger partial charge < -0.3 is 15.0 Å². The van der Waals surface area contributed by atoms with Gasteiger partial charge in [0.25, 0.3) is 0 Å². The number of piperazine rings is 1. The van der Waals surface area contributed by atoms with E-state index >= 15 is 0 Å². The number of hydrogen-bond acceptors (Lipinski definition) is 4. The Kier molecular flexibility index (Phi) is 9.44. The van der Waals surface area contributed by atoms with Gasteiger partial charge in [0.15, 0.2) is 0 Å². The molecule has 0 aromatic rings. The molecule has 0 bridgehead atoms. The van der Waals surface area contributed by atoms with Crippen molar-refractivity contribution >= 4 is 18.3 Å². The van der Waals surface area contributed by atoms with E-state index in [4.69, 9.17) is 4.74 Å². The monoisotopic (exact) mass is 265 g/mol. The lowest BCUT2D eigenvalue weighted by Gasteiger charge is -2.34. The summed E-state index contributed by atoms with van der Waals surface area (Å²) in [5.41, 5.74) is 0. The third-order valence-corrected chi connectivity index (χ3v) is 2.81. The summed E-state index contributed by atoms with van der Waals surface area (Å²) in [4.78, 5) is 15.9. The van der Waals surface area contributed by atoms with Crippen LogP contribution < -0.4 is 5.32 Å². The number of hydrogen-bond donors (Lipinski definition) is 1. The number of ether oxygens (including phenoxy) is 1. The Bertz CT molecular complexity index is 209. The van der Waals surface area contributed by atoms with Gasteiger partial charge in [-0.15, -0.1) is 12.4 Å². The van der Waals surface area contributed by atoms with Gasteiger partial charge >= 0.3 is 0 Å². The van der Waals surface area contributed by atoms with Gasteiger partial charge in [-0.2, -0.15) is 0 Å². The molecule has 1 amide bonds. The summed E-state index contributed by atoms with van der Waals surface area (Å²) < 4.78 is 5.32. The molecule has 6 heteroatoms. The molecule has 0 atom stereocenters. The van der Waals surface area contributed by atoms with E-state index in [2.05, 4.69) is 10.2 Å². The predicted octanol–water partition coefficient (Wildman–Crippen LogP) is -0.192. The number of carbonyl (C=O) groups is 1. The van der Waals surface area contributed by atoms with Gasteiger partial charge in [0.1, 0.15) is 0 Å². The lowest BCUT2D eigenvalue weighted by Crippen LogP contribution is -2.51. The average Bonchev–Trinajstić information content (AvgIpc) is 2.30. The van der Waals surface area contributed by atoms with Crippen molar-refractivity contribution in [3.8, 4) is 0 Å². The molecule has 17 heavy (non-hydrogen) atoms. The molecule has 1 fully saturated rings. The summed E-state index contributed by atoms with van der Waals surface area (Å²) in [6.07, 6.45) is 0. The topological polar surface area (TPSA) is 44.8 Å². The number of likely N-dealkylation sites (N-methyl/N-ethyl adjacent to an activating group) is 1. The second kappa shape index (κ2) is 9.65. The van der Waals surface area contributed by atoms with Gasteiger partial charge in [0.2, 0.25) is 5.91 Å². The zero-order chi connectivity index (χ0) is 11.8. The summed E-state index contributed by atoms with van der Waals surface area (Å²) in [7, 11) is 1.80. The van der Waals surface area contributed by atoms with Crippen molar-refractivity contribution < 1.29 is 9.53 Å². The first-order valence-corrected chi connectivity index (χ1v) is 6.00. The third kappa shape index (κ3) is 6.21. The van der Waals surface area contributed by atoms with E-state index in [1.54, 1.807) is 7.05 Å². The second-order valence-electron chi connectivity index (χ2n) is 3.95. The predicted molar refractivity (Wildman–Crippen MR) is 70.7 cm³/mol. The van der Waals surface area contributed by atoms with Crippen LogP contribution in [0.3, 0.4) is 0 Å². The minimum Gasteiger partial charge on any atom is -0.380 e. The summed E-state index contributed by atoms with van der Waals surface area (Å²) in [6, 6.07) is 0. The Labute approximate surface area is 110 Å². The highest BCUT2D eigenvalue weighted by Gasteiger charge is 2.19. The molecule has 0 spiro atoms. The molecular formula is C11H24ClN3O2. The van der Waals surface area contributed by atoms with Crippen molar-refractivity contribution in [1.82, 2.24) is 15.1 Å². The number of halogens is 1. The van der Waals surface area contributed by atoms with Crippen molar-refractivity contribution in [1.29, 1.82) is 0 Å². The summed E-state index contributed by atoms with van der Waals surface area (Å²) in [5, 5.41) is 2.89. The third-order valence-electron chi connectivity index (χ3n) is 2.81. The fourth-order valence-electron chi connectivity index (χ4n) is 1.82. The van der Waals surface area contributed by atoms with Crippen LogP contribution in [0.2, 0.25) is 0 Å². The highest BCUT2D eigenvalue weighted by molar-refractivity contribution is 5.85. The zero-order valence-electron chi connectivity index (χ0n) is 10.8. The maximum atomic E-state index is 11.6. The van der Waals surface area contributed by atoms with Crippen LogP contribution in [0.25, 0.3) is 0 Å². The molecule has 0 unspecified atom stereocenters. The molecule has 102 valence electrons. The quantitative estimate of drug-likeness (QED) is 0.676. The van der Waals surface area contributed by atoms with Crippen molar-refractivity contribution in [2.24, 2.45) is 0 Å². The minimum absolute atomic E-state index is 0. The van der Waals surface area contributed by atoms with Crippen LogP contribution in [0.1, 0.15) is 6.92 Å². The second-order valence-corrected chi connectivity index (χ2v) is 3.95. The summed E-state index contributed by atoms with van der Waals surface area (Å²) in [5.74, 6) is 0.201. The maximum absolute atomic E-state index is 11.6. The lowest BCUT2D eigenvalue weighted by atomic mass is 10.3. The first kappa shape index (κ1) is 16.6. The van der Waals surface area contributed by atoms with Gasteiger partial charge in [-0.3, -0.25) is 9.69 Å². The van der Waals surface area contributed by atoms with Gasteiger partial charge in [0.05, 0.1) is 13.2 Å². The van der Waals surface area contributed by atoms with Gasteiger partial charge in [0, 0.05) is 39.3 Å². The number of nitrogens with zero attached hydrogens (tertiary/aromatic N) is 2. The Hall–Kier alpha value is -0.360. The molecule has 0 radical (unpaired) electrons. The molecule has 0 aliphatic carbocycles. The van der Waals surface area contributed by atoms with Gasteiger partial charge in [-0.05, 0) is 14.0 Å². The molecule has 1 aliphatic heterocycles. The number of rotatable bonds is 6. The maximum Gasteiger partial charge on any atom is 0.236 e. The number of carbonyl (C=O) groups excluding carboxylic acids is 1. The van der Waals surface area contributed by atoms with Crippen LogP contribution >= 0.6 is 12.4 Å². The van der Waals surface area contributed by atoms with E-state index in [9.17, 15) is 4.79 Å². The van der Waals surface area contributed by atoms with Crippen molar-refractivity contribution in [3.05, 3.63) is 0 Å².